The van der Waals surface area contributed by atoms with Crippen molar-refractivity contribution < 1.29 is 24.2 Å². The number of anilines is 1. The Hall–Kier alpha value is -3.78. The highest BCUT2D eigenvalue weighted by atomic mass is 32.1. The molecule has 1 amide bonds. The van der Waals surface area contributed by atoms with Crippen LogP contribution in [0.4, 0.5) is 5.13 Å². The molecule has 2 aromatic carbocycles. The first kappa shape index (κ1) is 24.3. The Labute approximate surface area is 207 Å². The van der Waals surface area contributed by atoms with E-state index >= 15 is 0 Å². The summed E-state index contributed by atoms with van der Waals surface area (Å²) in [6.07, 6.45) is 0. The van der Waals surface area contributed by atoms with E-state index in [1.807, 2.05) is 24.3 Å². The van der Waals surface area contributed by atoms with Crippen LogP contribution < -0.4 is 4.90 Å². The number of carbonyl (C=O) groups is 3. The van der Waals surface area contributed by atoms with E-state index in [0.717, 1.165) is 16.9 Å². The van der Waals surface area contributed by atoms with Crippen LogP contribution in [0.1, 0.15) is 64.8 Å². The number of Topliss-reactive ketones (excluding diaryl/α,β-unsaturated/α-hetero) is 1. The van der Waals surface area contributed by atoms with Gasteiger partial charge in [0.25, 0.3) is 5.78 Å². The van der Waals surface area contributed by atoms with E-state index in [1.54, 1.807) is 44.2 Å². The number of rotatable bonds is 6. The number of carbonyl (C=O) groups excluding carboxylic acids is 3. The van der Waals surface area contributed by atoms with E-state index in [9.17, 15) is 19.5 Å². The Morgan fingerprint density at radius 3 is 2.37 bits per heavy atom. The van der Waals surface area contributed by atoms with Gasteiger partial charge in [0.2, 0.25) is 0 Å². The third kappa shape index (κ3) is 4.49. The fourth-order valence-corrected chi connectivity index (χ4v) is 5.02. The molecule has 2 heterocycles. The SMILES string of the molecule is CCOC(=O)c1sc(N2C(=O)C(=O)C(=C(O)c3ccccc3)C2c2ccc(C(C)C)cc2)nc1C. The van der Waals surface area contributed by atoms with Crippen molar-refractivity contribution in [2.75, 3.05) is 11.5 Å². The lowest BCUT2D eigenvalue weighted by Crippen LogP contribution is -2.29. The molecule has 0 spiro atoms. The predicted molar refractivity (Wildman–Crippen MR) is 135 cm³/mol. The summed E-state index contributed by atoms with van der Waals surface area (Å²) >= 11 is 0.990. The first-order chi connectivity index (χ1) is 16.7. The van der Waals surface area contributed by atoms with Gasteiger partial charge in [0, 0.05) is 5.56 Å². The molecule has 180 valence electrons. The van der Waals surface area contributed by atoms with Crippen molar-refractivity contribution in [3.8, 4) is 0 Å². The molecule has 0 aliphatic carbocycles. The second-order valence-electron chi connectivity index (χ2n) is 8.49. The fourth-order valence-electron chi connectivity index (χ4n) is 4.03. The molecular formula is C27H26N2O5S. The van der Waals surface area contributed by atoms with Gasteiger partial charge in [-0.15, -0.1) is 0 Å². The molecule has 1 aliphatic rings. The number of hydrogen-bond donors (Lipinski definition) is 1. The highest BCUT2D eigenvalue weighted by Gasteiger charge is 2.48. The van der Waals surface area contributed by atoms with Crippen molar-refractivity contribution in [2.45, 2.75) is 39.7 Å². The molecule has 1 N–H and O–H groups in total. The largest absolute Gasteiger partial charge is 0.507 e. The summed E-state index contributed by atoms with van der Waals surface area (Å²) < 4.78 is 5.11. The lowest BCUT2D eigenvalue weighted by molar-refractivity contribution is -0.132. The minimum atomic E-state index is -0.906. The van der Waals surface area contributed by atoms with Crippen molar-refractivity contribution in [2.24, 2.45) is 0 Å². The first-order valence-electron chi connectivity index (χ1n) is 11.3. The summed E-state index contributed by atoms with van der Waals surface area (Å²) in [7, 11) is 0. The zero-order valence-electron chi connectivity index (χ0n) is 19.9. The Morgan fingerprint density at radius 2 is 1.77 bits per heavy atom. The number of benzene rings is 2. The molecular weight excluding hydrogens is 464 g/mol. The lowest BCUT2D eigenvalue weighted by Gasteiger charge is -2.23. The first-order valence-corrected chi connectivity index (χ1v) is 12.2. The summed E-state index contributed by atoms with van der Waals surface area (Å²) in [4.78, 5) is 44.9. The molecule has 1 atom stereocenters. The minimum absolute atomic E-state index is 0.0240. The van der Waals surface area contributed by atoms with Crippen LogP contribution in [0.3, 0.4) is 0 Å². The van der Waals surface area contributed by atoms with Crippen molar-refractivity contribution in [3.63, 3.8) is 0 Å². The van der Waals surface area contributed by atoms with Gasteiger partial charge in [-0.05, 0) is 30.9 Å². The van der Waals surface area contributed by atoms with E-state index in [4.69, 9.17) is 4.74 Å². The zero-order chi connectivity index (χ0) is 25.3. The number of hydrogen-bond acceptors (Lipinski definition) is 7. The summed E-state index contributed by atoms with van der Waals surface area (Å²) in [5.41, 5.74) is 2.56. The third-order valence-corrected chi connectivity index (χ3v) is 7.00. The smallest absolute Gasteiger partial charge is 0.350 e. The van der Waals surface area contributed by atoms with E-state index < -0.39 is 23.7 Å². The van der Waals surface area contributed by atoms with Crippen LogP contribution >= 0.6 is 11.3 Å². The van der Waals surface area contributed by atoms with Crippen LogP contribution in [0.25, 0.3) is 5.76 Å². The van der Waals surface area contributed by atoms with Gasteiger partial charge < -0.3 is 9.84 Å². The third-order valence-electron chi connectivity index (χ3n) is 5.86. The van der Waals surface area contributed by atoms with Gasteiger partial charge in [0.1, 0.15) is 10.6 Å². The average Bonchev–Trinajstić information content (AvgIpc) is 3.36. The van der Waals surface area contributed by atoms with Crippen LogP contribution in [-0.4, -0.2) is 34.4 Å². The van der Waals surface area contributed by atoms with Crippen molar-refractivity contribution >= 4 is 39.9 Å². The topological polar surface area (TPSA) is 96.8 Å². The summed E-state index contributed by atoms with van der Waals surface area (Å²) in [6, 6.07) is 15.3. The number of amides is 1. The van der Waals surface area contributed by atoms with Crippen LogP contribution in [0.2, 0.25) is 0 Å². The molecule has 0 radical (unpaired) electrons. The number of nitrogens with zero attached hydrogens (tertiary/aromatic N) is 2. The maximum atomic E-state index is 13.3. The van der Waals surface area contributed by atoms with E-state index in [2.05, 4.69) is 18.8 Å². The number of esters is 1. The van der Waals surface area contributed by atoms with Gasteiger partial charge in [0.15, 0.2) is 5.13 Å². The fraction of sp³-hybridized carbons (Fsp3) is 0.259. The summed E-state index contributed by atoms with van der Waals surface area (Å²) in [5, 5.41) is 11.3. The van der Waals surface area contributed by atoms with Gasteiger partial charge in [-0.2, -0.15) is 0 Å². The average molecular weight is 491 g/mol. The van der Waals surface area contributed by atoms with Crippen molar-refractivity contribution in [1.82, 2.24) is 4.98 Å². The van der Waals surface area contributed by atoms with Gasteiger partial charge in [-0.1, -0.05) is 79.8 Å². The molecule has 1 unspecified atom stereocenters. The quantitative estimate of drug-likeness (QED) is 0.216. The molecule has 0 saturated carbocycles. The summed E-state index contributed by atoms with van der Waals surface area (Å²) in [5.74, 6) is -2.12. The Kier molecular flexibility index (Phi) is 6.84. The monoisotopic (exact) mass is 490 g/mol. The van der Waals surface area contributed by atoms with Gasteiger partial charge in [0.05, 0.1) is 23.9 Å². The number of thiazole rings is 1. The summed E-state index contributed by atoms with van der Waals surface area (Å²) in [6.45, 7) is 7.71. The molecule has 35 heavy (non-hydrogen) atoms. The lowest BCUT2D eigenvalue weighted by atomic mass is 9.93. The molecule has 1 fully saturated rings. The maximum Gasteiger partial charge on any atom is 0.350 e. The molecule has 1 aromatic heterocycles. The zero-order valence-corrected chi connectivity index (χ0v) is 20.8. The molecule has 7 nitrogen and oxygen atoms in total. The molecule has 1 saturated heterocycles. The number of aliphatic hydroxyl groups excluding tert-OH is 1. The standard InChI is InChI=1S/C27H26N2O5S/c1-5-34-26(33)24-16(4)28-27(35-24)29-21(18-13-11-17(12-14-18)15(2)3)20(23(31)25(29)32)22(30)19-9-7-6-8-10-19/h6-15,21,30H,5H2,1-4H3. The molecule has 3 aromatic rings. The Bertz CT molecular complexity index is 1310. The van der Waals surface area contributed by atoms with Crippen molar-refractivity contribution in [3.05, 3.63) is 87.4 Å². The minimum Gasteiger partial charge on any atom is -0.507 e. The number of aromatic nitrogens is 1. The Balaban J connectivity index is 1.90. The molecule has 0 bridgehead atoms. The normalized spacial score (nSPS) is 17.3. The second-order valence-corrected chi connectivity index (χ2v) is 9.47. The predicted octanol–water partition coefficient (Wildman–Crippen LogP) is 5.38. The molecule has 8 heteroatoms. The molecule has 1 aliphatic heterocycles. The van der Waals surface area contributed by atoms with E-state index in [0.29, 0.717) is 22.7 Å². The highest BCUT2D eigenvalue weighted by Crippen LogP contribution is 2.44. The van der Waals surface area contributed by atoms with Gasteiger partial charge in [-0.25, -0.2) is 9.78 Å². The van der Waals surface area contributed by atoms with Gasteiger partial charge in [-0.3, -0.25) is 14.5 Å². The van der Waals surface area contributed by atoms with Gasteiger partial charge >= 0.3 is 11.9 Å². The van der Waals surface area contributed by atoms with E-state index in [-0.39, 0.29) is 27.9 Å². The Morgan fingerprint density at radius 1 is 1.11 bits per heavy atom. The highest BCUT2D eigenvalue weighted by molar-refractivity contribution is 7.17. The number of ether oxygens (including phenoxy) is 1. The second kappa shape index (κ2) is 9.84. The van der Waals surface area contributed by atoms with Crippen LogP contribution in [0.5, 0.6) is 0 Å². The molecule has 4 rings (SSSR count). The van der Waals surface area contributed by atoms with Crippen LogP contribution in [-0.2, 0) is 14.3 Å². The maximum absolute atomic E-state index is 13.3. The van der Waals surface area contributed by atoms with Crippen LogP contribution in [0.15, 0.2) is 60.2 Å². The van der Waals surface area contributed by atoms with Crippen LogP contribution in [0, 0.1) is 6.92 Å². The van der Waals surface area contributed by atoms with Crippen molar-refractivity contribution in [1.29, 1.82) is 0 Å². The number of aliphatic hydroxyl groups is 1. The number of aryl methyl sites for hydroxylation is 1. The van der Waals surface area contributed by atoms with E-state index in [1.165, 1.54) is 4.90 Å². The number of ketones is 1.